The second-order valence-corrected chi connectivity index (χ2v) is 12.4. The number of nitrogens with zero attached hydrogens (tertiary/aromatic N) is 1. The average molecular weight is 301 g/mol. The molecule has 2 fully saturated rings. The Hall–Kier alpha value is -0.593. The maximum absolute atomic E-state index is 11.4. The number of amides is 1. The van der Waals surface area contributed by atoms with Gasteiger partial charge in [-0.15, -0.1) is 0 Å². The van der Waals surface area contributed by atoms with Crippen molar-refractivity contribution in [2.75, 3.05) is 19.8 Å². The van der Waals surface area contributed by atoms with Gasteiger partial charge < -0.3 is 19.2 Å². The Bertz CT molecular complexity index is 387. The Kier molecular flexibility index (Phi) is 3.95. The smallest absolute Gasteiger partial charge is 0.407 e. The molecular formula is C14H27NO4Si. The molecule has 0 aliphatic carbocycles. The molecule has 1 spiro atoms. The van der Waals surface area contributed by atoms with Crippen LogP contribution in [0, 0.1) is 0 Å². The summed E-state index contributed by atoms with van der Waals surface area (Å²) in [5.41, 5.74) is -0.222. The predicted octanol–water partition coefficient (Wildman–Crippen LogP) is 2.92. The van der Waals surface area contributed by atoms with Gasteiger partial charge in [-0.05, 0) is 18.1 Å². The minimum Gasteiger partial charge on any atom is -0.465 e. The monoisotopic (exact) mass is 301 g/mol. The number of carboxylic acid groups (broad SMARTS) is 1. The summed E-state index contributed by atoms with van der Waals surface area (Å²) in [5.74, 6) is 0. The molecule has 0 bridgehead atoms. The molecule has 2 aliphatic rings. The van der Waals surface area contributed by atoms with Gasteiger partial charge in [0.1, 0.15) is 0 Å². The van der Waals surface area contributed by atoms with Gasteiger partial charge in [0.25, 0.3) is 0 Å². The third-order valence-corrected chi connectivity index (χ3v) is 9.66. The number of rotatable bonds is 3. The van der Waals surface area contributed by atoms with Crippen molar-refractivity contribution in [1.29, 1.82) is 0 Å². The van der Waals surface area contributed by atoms with Gasteiger partial charge in [0, 0.05) is 12.8 Å². The van der Waals surface area contributed by atoms with E-state index < -0.39 is 14.4 Å². The third-order valence-electron chi connectivity index (χ3n) is 5.16. The van der Waals surface area contributed by atoms with E-state index in [0.717, 1.165) is 19.4 Å². The van der Waals surface area contributed by atoms with Crippen LogP contribution in [0.1, 0.15) is 33.6 Å². The summed E-state index contributed by atoms with van der Waals surface area (Å²) >= 11 is 0. The van der Waals surface area contributed by atoms with Crippen molar-refractivity contribution in [3.8, 4) is 0 Å². The van der Waals surface area contributed by atoms with E-state index in [0.29, 0.717) is 13.2 Å². The van der Waals surface area contributed by atoms with Gasteiger partial charge in [-0.1, -0.05) is 20.8 Å². The molecule has 1 unspecified atom stereocenters. The summed E-state index contributed by atoms with van der Waals surface area (Å²) in [5, 5.41) is 9.49. The van der Waals surface area contributed by atoms with Crippen LogP contribution in [-0.2, 0) is 9.16 Å². The van der Waals surface area contributed by atoms with Crippen molar-refractivity contribution in [3.05, 3.63) is 0 Å². The molecule has 0 radical (unpaired) electrons. The molecule has 2 saturated heterocycles. The third kappa shape index (κ3) is 2.87. The average Bonchev–Trinajstić information content (AvgIpc) is 2.64. The Morgan fingerprint density at radius 1 is 1.50 bits per heavy atom. The fraction of sp³-hybridized carbons (Fsp3) is 0.929. The van der Waals surface area contributed by atoms with Crippen molar-refractivity contribution in [1.82, 2.24) is 4.90 Å². The lowest BCUT2D eigenvalue weighted by molar-refractivity contribution is -0.136. The maximum atomic E-state index is 11.4. The normalized spacial score (nSPS) is 30.6. The molecule has 0 aromatic rings. The van der Waals surface area contributed by atoms with Gasteiger partial charge in [-0.2, -0.15) is 0 Å². The summed E-state index contributed by atoms with van der Waals surface area (Å²) < 4.78 is 11.8. The topological polar surface area (TPSA) is 59.0 Å². The van der Waals surface area contributed by atoms with Gasteiger partial charge in [-0.3, -0.25) is 0 Å². The lowest BCUT2D eigenvalue weighted by Crippen LogP contribution is -2.46. The number of ether oxygens (including phenoxy) is 1. The number of carbonyl (C=O) groups is 1. The molecule has 0 aromatic carbocycles. The van der Waals surface area contributed by atoms with Crippen LogP contribution >= 0.6 is 0 Å². The number of hydrogen-bond donors (Lipinski definition) is 1. The standard InChI is InChI=1S/C14H27NO4Si/c1-13(2,3)20(4,5)19-9-11-8-14(6-7-18-14)10-15(11)12(16)17/h11H,6-10H2,1-5H3,(H,16,17)/t11-,14?/m0/s1. The highest BCUT2D eigenvalue weighted by molar-refractivity contribution is 6.74. The first-order chi connectivity index (χ1) is 9.06. The highest BCUT2D eigenvalue weighted by Crippen LogP contribution is 2.41. The second-order valence-electron chi connectivity index (χ2n) is 7.62. The lowest BCUT2D eigenvalue weighted by Gasteiger charge is -2.38. The first-order valence-electron chi connectivity index (χ1n) is 7.34. The van der Waals surface area contributed by atoms with Gasteiger partial charge in [0.15, 0.2) is 8.32 Å². The number of hydrogen-bond acceptors (Lipinski definition) is 3. The van der Waals surface area contributed by atoms with Crippen molar-refractivity contribution in [2.24, 2.45) is 0 Å². The van der Waals surface area contributed by atoms with E-state index in [-0.39, 0.29) is 16.7 Å². The van der Waals surface area contributed by atoms with Gasteiger partial charge >= 0.3 is 6.09 Å². The molecule has 2 heterocycles. The van der Waals surface area contributed by atoms with E-state index in [9.17, 15) is 9.90 Å². The SMILES string of the molecule is CC(C)(C)[Si](C)(C)OC[C@@H]1CC2(CCO2)CN1C(=O)O. The van der Waals surface area contributed by atoms with E-state index >= 15 is 0 Å². The van der Waals surface area contributed by atoms with Crippen LogP contribution in [0.2, 0.25) is 18.1 Å². The maximum Gasteiger partial charge on any atom is 0.407 e. The zero-order chi connectivity index (χ0) is 15.2. The predicted molar refractivity (Wildman–Crippen MR) is 79.6 cm³/mol. The lowest BCUT2D eigenvalue weighted by atomic mass is 9.92. The Labute approximate surface area is 122 Å². The fourth-order valence-electron chi connectivity index (χ4n) is 2.61. The summed E-state index contributed by atoms with van der Waals surface area (Å²) in [6.45, 7) is 12.7. The van der Waals surface area contributed by atoms with Crippen LogP contribution in [-0.4, -0.2) is 55.8 Å². The summed E-state index contributed by atoms with van der Waals surface area (Å²) in [6, 6.07) is -0.0677. The minimum atomic E-state index is -1.84. The molecule has 20 heavy (non-hydrogen) atoms. The minimum absolute atomic E-state index is 0.0677. The summed E-state index contributed by atoms with van der Waals surface area (Å²) in [6.07, 6.45) is 0.877. The fourth-order valence-corrected chi connectivity index (χ4v) is 3.66. The molecule has 6 heteroatoms. The highest BCUT2D eigenvalue weighted by atomic mass is 28.4. The van der Waals surface area contributed by atoms with E-state index in [2.05, 4.69) is 33.9 Å². The molecule has 2 atom stereocenters. The van der Waals surface area contributed by atoms with Crippen LogP contribution in [0.4, 0.5) is 4.79 Å². The zero-order valence-electron chi connectivity index (χ0n) is 13.2. The van der Waals surface area contributed by atoms with Crippen molar-refractivity contribution in [2.45, 2.75) is 63.4 Å². The van der Waals surface area contributed by atoms with Crippen LogP contribution in [0.3, 0.4) is 0 Å². The first-order valence-corrected chi connectivity index (χ1v) is 10.2. The molecule has 2 aliphatic heterocycles. The molecule has 2 rings (SSSR count). The van der Waals surface area contributed by atoms with E-state index in [1.165, 1.54) is 4.90 Å². The molecule has 1 N–H and O–H groups in total. The first kappa shape index (κ1) is 15.8. The van der Waals surface area contributed by atoms with E-state index in [4.69, 9.17) is 9.16 Å². The molecule has 0 aromatic heterocycles. The molecule has 1 amide bonds. The number of likely N-dealkylation sites (tertiary alicyclic amines) is 1. The summed E-state index contributed by atoms with van der Waals surface area (Å²) in [7, 11) is -1.84. The van der Waals surface area contributed by atoms with Gasteiger partial charge in [-0.25, -0.2) is 4.79 Å². The van der Waals surface area contributed by atoms with Crippen LogP contribution in [0.5, 0.6) is 0 Å². The van der Waals surface area contributed by atoms with E-state index in [1.807, 2.05) is 0 Å². The second kappa shape index (κ2) is 5.00. The van der Waals surface area contributed by atoms with Crippen LogP contribution in [0.25, 0.3) is 0 Å². The van der Waals surface area contributed by atoms with Gasteiger partial charge in [0.2, 0.25) is 0 Å². The Balaban J connectivity index is 1.99. The Morgan fingerprint density at radius 3 is 2.50 bits per heavy atom. The molecule has 116 valence electrons. The molecular weight excluding hydrogens is 274 g/mol. The Morgan fingerprint density at radius 2 is 2.10 bits per heavy atom. The van der Waals surface area contributed by atoms with Crippen molar-refractivity contribution >= 4 is 14.4 Å². The molecule has 0 saturated carbocycles. The quantitative estimate of drug-likeness (QED) is 0.814. The largest absolute Gasteiger partial charge is 0.465 e. The zero-order valence-corrected chi connectivity index (χ0v) is 14.2. The van der Waals surface area contributed by atoms with Crippen molar-refractivity contribution in [3.63, 3.8) is 0 Å². The molecule has 5 nitrogen and oxygen atoms in total. The highest BCUT2D eigenvalue weighted by Gasteiger charge is 2.51. The van der Waals surface area contributed by atoms with E-state index in [1.54, 1.807) is 0 Å². The van der Waals surface area contributed by atoms with Crippen LogP contribution in [0.15, 0.2) is 0 Å². The van der Waals surface area contributed by atoms with Crippen molar-refractivity contribution < 1.29 is 19.1 Å². The van der Waals surface area contributed by atoms with Crippen LogP contribution < -0.4 is 0 Å². The summed E-state index contributed by atoms with van der Waals surface area (Å²) in [4.78, 5) is 12.9. The van der Waals surface area contributed by atoms with Gasteiger partial charge in [0.05, 0.1) is 31.4 Å².